The Labute approximate surface area is 163 Å². The molecule has 3 aliphatic rings. The Hall–Kier alpha value is -1.10. The Morgan fingerprint density at radius 3 is 2.37 bits per heavy atom. The standard InChI is InChI=1S/C22H36O5/c1-14-12-16(26-15(2)23)18-19(3,4)8-7-9-21(18,6)22(14)11-10-20(5,27-22)13-17(24)25/h14,16,18H,7-13H2,1-6H3,(H,24,25). The third kappa shape index (κ3) is 3.20. The van der Waals surface area contributed by atoms with Gasteiger partial charge in [0.2, 0.25) is 0 Å². The molecule has 6 unspecified atom stereocenters. The van der Waals surface area contributed by atoms with Crippen LogP contribution < -0.4 is 0 Å². The topological polar surface area (TPSA) is 72.8 Å². The van der Waals surface area contributed by atoms with Gasteiger partial charge in [0.05, 0.1) is 17.6 Å². The quantitative estimate of drug-likeness (QED) is 0.726. The summed E-state index contributed by atoms with van der Waals surface area (Å²) in [6.45, 7) is 12.6. The molecule has 0 aromatic heterocycles. The minimum Gasteiger partial charge on any atom is -0.481 e. The second-order valence-electron chi connectivity index (χ2n) is 10.5. The number of ether oxygens (including phenoxy) is 2. The van der Waals surface area contributed by atoms with Crippen LogP contribution in [0.5, 0.6) is 0 Å². The first-order chi connectivity index (χ1) is 12.4. The van der Waals surface area contributed by atoms with Crippen LogP contribution in [0.25, 0.3) is 0 Å². The fourth-order valence-corrected chi connectivity index (χ4v) is 7.23. The third-order valence-electron chi connectivity index (χ3n) is 8.06. The molecular formula is C22H36O5. The van der Waals surface area contributed by atoms with Crippen LogP contribution in [0, 0.1) is 22.7 Å². The van der Waals surface area contributed by atoms with Crippen molar-refractivity contribution in [2.45, 2.75) is 104 Å². The van der Waals surface area contributed by atoms with Crippen LogP contribution >= 0.6 is 0 Å². The smallest absolute Gasteiger partial charge is 0.306 e. The molecule has 0 aromatic carbocycles. The van der Waals surface area contributed by atoms with Gasteiger partial charge < -0.3 is 14.6 Å². The van der Waals surface area contributed by atoms with Gasteiger partial charge in [-0.15, -0.1) is 0 Å². The van der Waals surface area contributed by atoms with Gasteiger partial charge in [0.25, 0.3) is 0 Å². The maximum atomic E-state index is 11.8. The number of esters is 1. The number of carboxylic acids is 1. The molecule has 1 aliphatic heterocycles. The highest BCUT2D eigenvalue weighted by Gasteiger charge is 2.69. The number of carbonyl (C=O) groups excluding carboxylic acids is 1. The summed E-state index contributed by atoms with van der Waals surface area (Å²) in [5.74, 6) is -0.588. The van der Waals surface area contributed by atoms with E-state index in [0.717, 1.165) is 38.5 Å². The fraction of sp³-hybridized carbons (Fsp3) is 0.909. The molecule has 1 saturated heterocycles. The highest BCUT2D eigenvalue weighted by Crippen LogP contribution is 2.68. The summed E-state index contributed by atoms with van der Waals surface area (Å²) in [6.07, 6.45) is 5.65. The molecule has 154 valence electrons. The molecule has 6 atom stereocenters. The molecule has 0 bridgehead atoms. The van der Waals surface area contributed by atoms with E-state index in [1.54, 1.807) is 0 Å². The lowest BCUT2D eigenvalue weighted by atomic mass is 9.43. The van der Waals surface area contributed by atoms with Crippen LogP contribution in [0.4, 0.5) is 0 Å². The van der Waals surface area contributed by atoms with Crippen LogP contribution in [-0.2, 0) is 19.1 Å². The van der Waals surface area contributed by atoms with E-state index in [9.17, 15) is 14.7 Å². The Bertz CT molecular complexity index is 628. The normalized spacial score (nSPS) is 46.1. The van der Waals surface area contributed by atoms with Crippen LogP contribution in [0.2, 0.25) is 0 Å². The zero-order valence-corrected chi connectivity index (χ0v) is 17.8. The summed E-state index contributed by atoms with van der Waals surface area (Å²) in [5.41, 5.74) is -1.06. The van der Waals surface area contributed by atoms with E-state index in [2.05, 4.69) is 27.7 Å². The molecule has 3 rings (SSSR count). The van der Waals surface area contributed by atoms with Crippen molar-refractivity contribution < 1.29 is 24.2 Å². The van der Waals surface area contributed by atoms with Gasteiger partial charge in [-0.25, -0.2) is 0 Å². The van der Waals surface area contributed by atoms with Crippen LogP contribution in [0.3, 0.4) is 0 Å². The predicted molar refractivity (Wildman–Crippen MR) is 102 cm³/mol. The molecule has 3 fully saturated rings. The molecule has 2 aliphatic carbocycles. The average molecular weight is 381 g/mol. The first-order valence-electron chi connectivity index (χ1n) is 10.4. The van der Waals surface area contributed by atoms with Crippen LogP contribution in [-0.4, -0.2) is 34.4 Å². The molecule has 1 spiro atoms. The number of fused-ring (bicyclic) bond motifs is 2. The van der Waals surface area contributed by atoms with Gasteiger partial charge in [-0.1, -0.05) is 34.1 Å². The number of hydrogen-bond donors (Lipinski definition) is 1. The van der Waals surface area contributed by atoms with Gasteiger partial charge in [0.15, 0.2) is 0 Å². The Morgan fingerprint density at radius 1 is 1.11 bits per heavy atom. The zero-order chi connectivity index (χ0) is 20.3. The number of rotatable bonds is 3. The second kappa shape index (κ2) is 6.47. The summed E-state index contributed by atoms with van der Waals surface area (Å²) in [5, 5.41) is 9.38. The molecular weight excluding hydrogens is 344 g/mol. The van der Waals surface area contributed by atoms with Crippen molar-refractivity contribution in [3.63, 3.8) is 0 Å². The third-order valence-corrected chi connectivity index (χ3v) is 8.06. The van der Waals surface area contributed by atoms with Crippen molar-refractivity contribution in [3.05, 3.63) is 0 Å². The average Bonchev–Trinajstić information content (AvgIpc) is 2.82. The fourth-order valence-electron chi connectivity index (χ4n) is 7.23. The summed E-state index contributed by atoms with van der Waals surface area (Å²) in [7, 11) is 0. The van der Waals surface area contributed by atoms with Crippen LogP contribution in [0.1, 0.15) is 86.5 Å². The van der Waals surface area contributed by atoms with Crippen molar-refractivity contribution >= 4 is 11.9 Å². The molecule has 1 N–H and O–H groups in total. The van der Waals surface area contributed by atoms with Crippen molar-refractivity contribution in [1.82, 2.24) is 0 Å². The van der Waals surface area contributed by atoms with Crippen molar-refractivity contribution in [2.24, 2.45) is 22.7 Å². The highest BCUT2D eigenvalue weighted by molar-refractivity contribution is 5.68. The molecule has 27 heavy (non-hydrogen) atoms. The van der Waals surface area contributed by atoms with E-state index in [1.807, 2.05) is 6.92 Å². The minimum atomic E-state index is -0.804. The Morgan fingerprint density at radius 2 is 1.78 bits per heavy atom. The number of carboxylic acid groups (broad SMARTS) is 1. The lowest BCUT2D eigenvalue weighted by Crippen LogP contribution is -2.67. The molecule has 0 aromatic rings. The van der Waals surface area contributed by atoms with Gasteiger partial charge in [-0.05, 0) is 50.4 Å². The summed E-state index contributed by atoms with van der Waals surface area (Å²) >= 11 is 0. The lowest BCUT2D eigenvalue weighted by Gasteiger charge is -2.65. The minimum absolute atomic E-state index is 0.0407. The summed E-state index contributed by atoms with van der Waals surface area (Å²) < 4.78 is 12.7. The van der Waals surface area contributed by atoms with E-state index < -0.39 is 11.6 Å². The van der Waals surface area contributed by atoms with E-state index >= 15 is 0 Å². The summed E-state index contributed by atoms with van der Waals surface area (Å²) in [6, 6.07) is 0. The number of aliphatic carboxylic acids is 1. The van der Waals surface area contributed by atoms with E-state index in [0.29, 0.717) is 0 Å². The maximum Gasteiger partial charge on any atom is 0.306 e. The second-order valence-corrected chi connectivity index (χ2v) is 10.5. The van der Waals surface area contributed by atoms with Gasteiger partial charge >= 0.3 is 11.9 Å². The van der Waals surface area contributed by atoms with E-state index in [-0.39, 0.29) is 46.8 Å². The monoisotopic (exact) mass is 380 g/mol. The number of carbonyl (C=O) groups is 2. The van der Waals surface area contributed by atoms with Gasteiger partial charge in [0.1, 0.15) is 6.10 Å². The van der Waals surface area contributed by atoms with Crippen molar-refractivity contribution in [3.8, 4) is 0 Å². The van der Waals surface area contributed by atoms with Gasteiger partial charge in [-0.3, -0.25) is 9.59 Å². The summed E-state index contributed by atoms with van der Waals surface area (Å²) in [4.78, 5) is 23.2. The molecule has 5 heteroatoms. The van der Waals surface area contributed by atoms with E-state index in [4.69, 9.17) is 9.47 Å². The Kier molecular flexibility index (Phi) is 4.94. The first kappa shape index (κ1) is 20.6. The molecule has 1 heterocycles. The number of hydrogen-bond acceptors (Lipinski definition) is 4. The highest BCUT2D eigenvalue weighted by atomic mass is 16.5. The molecule has 5 nitrogen and oxygen atoms in total. The van der Waals surface area contributed by atoms with E-state index in [1.165, 1.54) is 6.92 Å². The van der Waals surface area contributed by atoms with Crippen molar-refractivity contribution in [2.75, 3.05) is 0 Å². The molecule has 0 amide bonds. The molecule has 0 radical (unpaired) electrons. The van der Waals surface area contributed by atoms with Crippen LogP contribution in [0.15, 0.2) is 0 Å². The van der Waals surface area contributed by atoms with Gasteiger partial charge in [0, 0.05) is 18.3 Å². The largest absolute Gasteiger partial charge is 0.481 e. The maximum absolute atomic E-state index is 11.8. The lowest BCUT2D eigenvalue weighted by molar-refractivity contribution is -0.271. The SMILES string of the molecule is CC(=O)OC1CC(C)C2(CCC(C)(CC(=O)O)O2)C2(C)CCCC(C)(C)C12. The predicted octanol–water partition coefficient (Wildman–Crippen LogP) is 4.57. The zero-order valence-electron chi connectivity index (χ0n) is 17.8. The first-order valence-corrected chi connectivity index (χ1v) is 10.4. The van der Waals surface area contributed by atoms with Crippen molar-refractivity contribution in [1.29, 1.82) is 0 Å². The Balaban J connectivity index is 2.04. The van der Waals surface area contributed by atoms with Gasteiger partial charge in [-0.2, -0.15) is 0 Å². The molecule has 2 saturated carbocycles.